The van der Waals surface area contributed by atoms with Gasteiger partial charge in [-0.2, -0.15) is 0 Å². The fourth-order valence-electron chi connectivity index (χ4n) is 1.82. The highest BCUT2D eigenvalue weighted by Crippen LogP contribution is 2.03. The van der Waals surface area contributed by atoms with Gasteiger partial charge in [-0.05, 0) is 30.5 Å². The molecule has 5 nitrogen and oxygen atoms in total. The first-order valence-corrected chi connectivity index (χ1v) is 8.03. The second-order valence-corrected chi connectivity index (χ2v) is 5.79. The number of halogens is 2. The number of benzene rings is 1. The highest BCUT2D eigenvalue weighted by molar-refractivity contribution is 14.0. The third-order valence-electron chi connectivity index (χ3n) is 2.94. The van der Waals surface area contributed by atoms with Crippen LogP contribution in [0.3, 0.4) is 0 Å². The van der Waals surface area contributed by atoms with Crippen molar-refractivity contribution >= 4 is 29.9 Å². The zero-order chi connectivity index (χ0) is 17.1. The Labute approximate surface area is 161 Å². The van der Waals surface area contributed by atoms with Crippen LogP contribution in [0, 0.1) is 11.7 Å². The molecule has 0 aliphatic rings. The Morgan fingerprint density at radius 2 is 1.88 bits per heavy atom. The lowest BCUT2D eigenvalue weighted by Gasteiger charge is -2.16. The number of aliphatic hydroxyl groups is 1. The molecule has 0 heterocycles. The van der Waals surface area contributed by atoms with Gasteiger partial charge in [-0.3, -0.25) is 0 Å². The van der Waals surface area contributed by atoms with Crippen molar-refractivity contribution in [2.75, 3.05) is 26.3 Å². The predicted octanol–water partition coefficient (Wildman–Crippen LogP) is 2.53. The minimum absolute atomic E-state index is 0. The molecule has 1 unspecified atom stereocenters. The maximum atomic E-state index is 12.9. The van der Waals surface area contributed by atoms with E-state index in [4.69, 9.17) is 4.74 Å². The van der Waals surface area contributed by atoms with Crippen LogP contribution in [0.4, 0.5) is 4.39 Å². The number of nitrogens with zero attached hydrogens (tertiary/aromatic N) is 1. The van der Waals surface area contributed by atoms with Crippen molar-refractivity contribution in [2.45, 2.75) is 33.4 Å². The van der Waals surface area contributed by atoms with Gasteiger partial charge in [0.1, 0.15) is 5.82 Å². The lowest BCUT2D eigenvalue weighted by Crippen LogP contribution is -2.42. The maximum absolute atomic E-state index is 12.9. The van der Waals surface area contributed by atoms with Crippen molar-refractivity contribution in [3.63, 3.8) is 0 Å². The molecule has 0 fully saturated rings. The Kier molecular flexibility index (Phi) is 12.9. The van der Waals surface area contributed by atoms with E-state index < -0.39 is 6.10 Å². The molecule has 0 aromatic heterocycles. The summed E-state index contributed by atoms with van der Waals surface area (Å²) in [5.74, 6) is 0.803. The van der Waals surface area contributed by atoms with E-state index in [2.05, 4.69) is 29.5 Å². The van der Waals surface area contributed by atoms with Crippen molar-refractivity contribution in [1.29, 1.82) is 0 Å². The summed E-state index contributed by atoms with van der Waals surface area (Å²) in [5.41, 5.74) is 0.921. The first-order valence-electron chi connectivity index (χ1n) is 8.03. The minimum atomic E-state index is -0.594. The van der Waals surface area contributed by atoms with Crippen molar-refractivity contribution in [1.82, 2.24) is 10.6 Å². The Hall–Kier alpha value is -0.930. The molecule has 138 valence electrons. The largest absolute Gasteiger partial charge is 0.389 e. The smallest absolute Gasteiger partial charge is 0.191 e. The third kappa shape index (κ3) is 10.8. The monoisotopic (exact) mass is 453 g/mol. The second kappa shape index (κ2) is 13.4. The van der Waals surface area contributed by atoms with Crippen LogP contribution < -0.4 is 10.6 Å². The maximum Gasteiger partial charge on any atom is 0.191 e. The van der Waals surface area contributed by atoms with Gasteiger partial charge in [0, 0.05) is 19.7 Å². The molecule has 0 bridgehead atoms. The molecule has 0 aliphatic carbocycles. The highest BCUT2D eigenvalue weighted by Gasteiger charge is 2.06. The van der Waals surface area contributed by atoms with Gasteiger partial charge in [-0.25, -0.2) is 9.38 Å². The highest BCUT2D eigenvalue weighted by atomic mass is 127. The van der Waals surface area contributed by atoms with Crippen LogP contribution in [0.15, 0.2) is 29.3 Å². The average molecular weight is 453 g/mol. The van der Waals surface area contributed by atoms with Crippen LogP contribution in [0.1, 0.15) is 26.3 Å². The Bertz CT molecular complexity index is 469. The summed E-state index contributed by atoms with van der Waals surface area (Å²) in [6.45, 7) is 8.54. The molecule has 0 saturated heterocycles. The third-order valence-corrected chi connectivity index (χ3v) is 2.94. The van der Waals surface area contributed by atoms with E-state index in [9.17, 15) is 9.50 Å². The quantitative estimate of drug-likeness (QED) is 0.306. The van der Waals surface area contributed by atoms with Gasteiger partial charge in [-0.15, -0.1) is 24.0 Å². The summed E-state index contributed by atoms with van der Waals surface area (Å²) >= 11 is 0. The Morgan fingerprint density at radius 1 is 1.21 bits per heavy atom. The molecule has 1 aromatic rings. The number of hydrogen-bond acceptors (Lipinski definition) is 3. The van der Waals surface area contributed by atoms with Gasteiger partial charge in [0.2, 0.25) is 0 Å². The molecule has 3 N–H and O–H groups in total. The SMILES string of the molecule is CCNC(=NCc1ccc(F)cc1)NCC(O)COCC(C)C.I. The topological polar surface area (TPSA) is 65.9 Å². The van der Waals surface area contributed by atoms with Crippen molar-refractivity contribution in [3.05, 3.63) is 35.6 Å². The van der Waals surface area contributed by atoms with Gasteiger partial charge in [-0.1, -0.05) is 26.0 Å². The van der Waals surface area contributed by atoms with E-state index in [0.29, 0.717) is 38.2 Å². The van der Waals surface area contributed by atoms with Crippen molar-refractivity contribution in [2.24, 2.45) is 10.9 Å². The van der Waals surface area contributed by atoms with Gasteiger partial charge in [0.05, 0.1) is 19.3 Å². The molecule has 1 rings (SSSR count). The summed E-state index contributed by atoms with van der Waals surface area (Å²) in [7, 11) is 0. The molecule has 0 radical (unpaired) electrons. The van der Waals surface area contributed by atoms with E-state index in [1.807, 2.05) is 6.92 Å². The van der Waals surface area contributed by atoms with E-state index >= 15 is 0 Å². The van der Waals surface area contributed by atoms with E-state index in [1.165, 1.54) is 12.1 Å². The summed E-state index contributed by atoms with van der Waals surface area (Å²) in [5, 5.41) is 16.1. The van der Waals surface area contributed by atoms with Gasteiger partial charge < -0.3 is 20.5 Å². The second-order valence-electron chi connectivity index (χ2n) is 5.79. The minimum Gasteiger partial charge on any atom is -0.389 e. The summed E-state index contributed by atoms with van der Waals surface area (Å²) in [6.07, 6.45) is -0.594. The summed E-state index contributed by atoms with van der Waals surface area (Å²) in [4.78, 5) is 4.41. The van der Waals surface area contributed by atoms with Crippen LogP contribution in [0.2, 0.25) is 0 Å². The number of ether oxygens (including phenoxy) is 1. The number of guanidine groups is 1. The summed E-state index contributed by atoms with van der Waals surface area (Å²) < 4.78 is 18.3. The van der Waals surface area contributed by atoms with Gasteiger partial charge >= 0.3 is 0 Å². The van der Waals surface area contributed by atoms with Crippen LogP contribution in [-0.4, -0.2) is 43.5 Å². The van der Waals surface area contributed by atoms with Crippen LogP contribution in [0.5, 0.6) is 0 Å². The molecule has 0 aliphatic heterocycles. The van der Waals surface area contributed by atoms with Gasteiger partial charge in [0.25, 0.3) is 0 Å². The molecule has 0 spiro atoms. The molecule has 0 saturated carbocycles. The predicted molar refractivity (Wildman–Crippen MR) is 106 cm³/mol. The van der Waals surface area contributed by atoms with Crippen molar-refractivity contribution in [3.8, 4) is 0 Å². The first-order chi connectivity index (χ1) is 11.0. The van der Waals surface area contributed by atoms with E-state index in [-0.39, 0.29) is 29.8 Å². The Balaban J connectivity index is 0.00000529. The molecule has 24 heavy (non-hydrogen) atoms. The van der Waals surface area contributed by atoms with E-state index in [0.717, 1.165) is 12.1 Å². The number of nitrogens with one attached hydrogen (secondary N) is 2. The molecular formula is C17H29FIN3O2. The van der Waals surface area contributed by atoms with Crippen LogP contribution in [-0.2, 0) is 11.3 Å². The standard InChI is InChI=1S/C17H28FN3O2.HI/c1-4-19-17(20-9-14-5-7-15(18)8-6-14)21-10-16(22)12-23-11-13(2)3;/h5-8,13,16,22H,4,9-12H2,1-3H3,(H2,19,20,21);1H. The molecular weight excluding hydrogens is 424 g/mol. The zero-order valence-corrected chi connectivity index (χ0v) is 16.9. The fraction of sp³-hybridized carbons (Fsp3) is 0.588. The molecule has 1 atom stereocenters. The molecule has 7 heteroatoms. The summed E-state index contributed by atoms with van der Waals surface area (Å²) in [6, 6.07) is 6.25. The average Bonchev–Trinajstić information content (AvgIpc) is 2.51. The van der Waals surface area contributed by atoms with E-state index in [1.54, 1.807) is 12.1 Å². The lowest BCUT2D eigenvalue weighted by molar-refractivity contribution is 0.0280. The number of rotatable bonds is 9. The fourth-order valence-corrected chi connectivity index (χ4v) is 1.82. The normalized spacial score (nSPS) is 12.7. The van der Waals surface area contributed by atoms with Crippen LogP contribution in [0.25, 0.3) is 0 Å². The number of aliphatic hydroxyl groups excluding tert-OH is 1. The Morgan fingerprint density at radius 3 is 2.46 bits per heavy atom. The number of aliphatic imine (C=N–C) groups is 1. The molecule has 0 amide bonds. The zero-order valence-electron chi connectivity index (χ0n) is 14.6. The number of hydrogen-bond donors (Lipinski definition) is 3. The van der Waals surface area contributed by atoms with Crippen LogP contribution >= 0.6 is 24.0 Å². The van der Waals surface area contributed by atoms with Crippen molar-refractivity contribution < 1.29 is 14.2 Å². The first kappa shape index (κ1) is 23.1. The lowest BCUT2D eigenvalue weighted by atomic mass is 10.2. The molecule has 1 aromatic carbocycles. The van der Waals surface area contributed by atoms with Gasteiger partial charge in [0.15, 0.2) is 5.96 Å².